The Labute approximate surface area is 120 Å². The number of carbonyl (C=O) groups is 2. The molecule has 21 heavy (non-hydrogen) atoms. The quantitative estimate of drug-likeness (QED) is 0.471. The molecule has 0 aromatic heterocycles. The van der Waals surface area contributed by atoms with Crippen LogP contribution in [0.15, 0.2) is 17.7 Å². The number of ether oxygens (including phenoxy) is 3. The number of esters is 1. The average molecular weight is 288 g/mol. The Hall–Kier alpha value is -2.92. The standard InChI is InChI=1S/C14H12N2O5/c1-19-9-4-5-10(20-2)11-7(9)6-8(14(18)21-3)12(16-15)13(11)17/h4-6H,1-3H3. The summed E-state index contributed by atoms with van der Waals surface area (Å²) in [6, 6.07) is 3.17. The van der Waals surface area contributed by atoms with Gasteiger partial charge in [0.05, 0.1) is 26.9 Å². The van der Waals surface area contributed by atoms with Crippen LogP contribution in [0, 0.1) is 0 Å². The second kappa shape index (κ2) is 5.60. The monoisotopic (exact) mass is 288 g/mol. The fraction of sp³-hybridized carbons (Fsp3) is 0.214. The highest BCUT2D eigenvalue weighted by Crippen LogP contribution is 2.36. The maximum atomic E-state index is 12.5. The Balaban J connectivity index is 2.83. The van der Waals surface area contributed by atoms with E-state index in [1.165, 1.54) is 27.4 Å². The number of fused-ring (bicyclic) bond motifs is 1. The smallest absolute Gasteiger partial charge is 0.377 e. The van der Waals surface area contributed by atoms with E-state index in [-0.39, 0.29) is 16.9 Å². The lowest BCUT2D eigenvalue weighted by molar-refractivity contribution is -0.135. The predicted molar refractivity (Wildman–Crippen MR) is 72.5 cm³/mol. The van der Waals surface area contributed by atoms with E-state index in [0.717, 1.165) is 0 Å². The van der Waals surface area contributed by atoms with Gasteiger partial charge in [0.15, 0.2) is 5.57 Å². The lowest BCUT2D eigenvalue weighted by atomic mass is 9.88. The van der Waals surface area contributed by atoms with Crippen LogP contribution in [0.25, 0.3) is 11.6 Å². The van der Waals surface area contributed by atoms with Gasteiger partial charge in [0.25, 0.3) is 5.78 Å². The van der Waals surface area contributed by atoms with Crippen LogP contribution in [0.2, 0.25) is 0 Å². The molecule has 0 radical (unpaired) electrons. The van der Waals surface area contributed by atoms with Gasteiger partial charge >= 0.3 is 11.7 Å². The van der Waals surface area contributed by atoms with Gasteiger partial charge in [-0.15, -0.1) is 0 Å². The van der Waals surface area contributed by atoms with Gasteiger partial charge in [-0.2, -0.15) is 4.79 Å². The van der Waals surface area contributed by atoms with Gasteiger partial charge in [0.1, 0.15) is 11.5 Å². The third kappa shape index (κ3) is 2.19. The molecule has 0 unspecified atom stereocenters. The molecule has 1 aromatic rings. The number of hydrogen-bond donors (Lipinski definition) is 0. The van der Waals surface area contributed by atoms with Crippen LogP contribution >= 0.6 is 0 Å². The van der Waals surface area contributed by atoms with Crippen molar-refractivity contribution in [3.63, 3.8) is 0 Å². The fourth-order valence-corrected chi connectivity index (χ4v) is 2.12. The Morgan fingerprint density at radius 3 is 2.29 bits per heavy atom. The SMILES string of the molecule is COC(=O)C1=Cc2c(OC)ccc(OC)c2C(=O)C1=[N+]=[N-]. The van der Waals surface area contributed by atoms with Crippen LogP contribution in [-0.4, -0.2) is 43.6 Å². The second-order valence-electron chi connectivity index (χ2n) is 4.09. The molecule has 2 rings (SSSR count). The minimum atomic E-state index is -0.785. The summed E-state index contributed by atoms with van der Waals surface area (Å²) in [4.78, 5) is 27.1. The third-order valence-electron chi connectivity index (χ3n) is 3.10. The Morgan fingerprint density at radius 2 is 1.76 bits per heavy atom. The summed E-state index contributed by atoms with van der Waals surface area (Å²) in [5, 5.41) is 0. The highest BCUT2D eigenvalue weighted by atomic mass is 16.5. The van der Waals surface area contributed by atoms with E-state index in [1.54, 1.807) is 12.1 Å². The Kier molecular flexibility index (Phi) is 3.86. The van der Waals surface area contributed by atoms with Crippen molar-refractivity contribution < 1.29 is 28.6 Å². The topological polar surface area (TPSA) is 98.2 Å². The first-order chi connectivity index (χ1) is 10.1. The number of Topliss-reactive ketones (excluding diaryl/α,β-unsaturated/α-hetero) is 1. The van der Waals surface area contributed by atoms with E-state index < -0.39 is 17.5 Å². The zero-order valence-electron chi connectivity index (χ0n) is 11.7. The summed E-state index contributed by atoms with van der Waals surface area (Å²) < 4.78 is 14.9. The van der Waals surface area contributed by atoms with Crippen molar-refractivity contribution in [2.75, 3.05) is 21.3 Å². The number of hydrogen-bond acceptors (Lipinski definition) is 5. The molecule has 0 heterocycles. The zero-order valence-corrected chi connectivity index (χ0v) is 11.7. The summed E-state index contributed by atoms with van der Waals surface area (Å²) in [5.41, 5.74) is 9.02. The zero-order chi connectivity index (χ0) is 15.6. The van der Waals surface area contributed by atoms with Gasteiger partial charge in [0.2, 0.25) is 0 Å². The molecule has 1 aliphatic carbocycles. The molecular weight excluding hydrogens is 276 g/mol. The molecule has 0 N–H and O–H groups in total. The fourth-order valence-electron chi connectivity index (χ4n) is 2.12. The van der Waals surface area contributed by atoms with Crippen molar-refractivity contribution in [3.8, 4) is 11.5 Å². The molecule has 0 fully saturated rings. The first-order valence-electron chi connectivity index (χ1n) is 5.91. The Morgan fingerprint density at radius 1 is 1.14 bits per heavy atom. The van der Waals surface area contributed by atoms with Gasteiger partial charge in [-0.3, -0.25) is 4.79 Å². The molecule has 0 bridgehead atoms. The van der Waals surface area contributed by atoms with Crippen molar-refractivity contribution in [3.05, 3.63) is 34.4 Å². The van der Waals surface area contributed by atoms with Crippen LogP contribution in [0.5, 0.6) is 11.5 Å². The van der Waals surface area contributed by atoms with E-state index in [4.69, 9.17) is 15.0 Å². The Bertz CT molecular complexity index is 714. The molecule has 108 valence electrons. The van der Waals surface area contributed by atoms with Crippen molar-refractivity contribution in [2.45, 2.75) is 0 Å². The highest BCUT2D eigenvalue weighted by Gasteiger charge is 2.40. The van der Waals surface area contributed by atoms with E-state index in [2.05, 4.69) is 9.53 Å². The molecule has 7 heteroatoms. The van der Waals surface area contributed by atoms with Crippen LogP contribution < -0.4 is 9.47 Å². The molecule has 1 aromatic carbocycles. The van der Waals surface area contributed by atoms with Crippen molar-refractivity contribution in [1.29, 1.82) is 0 Å². The van der Waals surface area contributed by atoms with E-state index in [0.29, 0.717) is 11.3 Å². The van der Waals surface area contributed by atoms with Crippen LogP contribution in [0.1, 0.15) is 15.9 Å². The van der Waals surface area contributed by atoms with E-state index >= 15 is 0 Å². The summed E-state index contributed by atoms with van der Waals surface area (Å²) in [7, 11) is 4.01. The average Bonchev–Trinajstić information content (AvgIpc) is 2.52. The summed E-state index contributed by atoms with van der Waals surface area (Å²) >= 11 is 0. The van der Waals surface area contributed by atoms with Gasteiger partial charge in [0, 0.05) is 5.56 Å². The molecule has 0 aliphatic heterocycles. The van der Waals surface area contributed by atoms with Crippen molar-refractivity contribution >= 4 is 23.5 Å². The molecule has 0 amide bonds. The minimum absolute atomic E-state index is 0.149. The highest BCUT2D eigenvalue weighted by molar-refractivity contribution is 6.57. The number of benzene rings is 1. The first-order valence-corrected chi connectivity index (χ1v) is 5.91. The number of ketones is 1. The minimum Gasteiger partial charge on any atom is -0.496 e. The molecule has 0 spiro atoms. The number of methoxy groups -OCH3 is 3. The predicted octanol–water partition coefficient (Wildman–Crippen LogP) is 1.13. The number of carbonyl (C=O) groups excluding carboxylic acids is 2. The van der Waals surface area contributed by atoms with Crippen LogP contribution in [-0.2, 0) is 9.53 Å². The van der Waals surface area contributed by atoms with Crippen LogP contribution in [0.3, 0.4) is 0 Å². The van der Waals surface area contributed by atoms with Crippen LogP contribution in [0.4, 0.5) is 0 Å². The van der Waals surface area contributed by atoms with Gasteiger partial charge in [-0.25, -0.2) is 4.79 Å². The summed E-state index contributed by atoms with van der Waals surface area (Å²) in [6.45, 7) is 0. The molecule has 1 aliphatic rings. The van der Waals surface area contributed by atoms with Crippen molar-refractivity contribution in [1.82, 2.24) is 0 Å². The normalized spacial score (nSPS) is 13.0. The second-order valence-corrected chi connectivity index (χ2v) is 4.09. The number of rotatable bonds is 3. The summed E-state index contributed by atoms with van der Waals surface area (Å²) in [5.74, 6) is -0.757. The molecule has 0 saturated heterocycles. The maximum Gasteiger partial charge on any atom is 0.377 e. The lowest BCUT2D eigenvalue weighted by Gasteiger charge is -2.16. The molecule has 7 nitrogen and oxygen atoms in total. The molecule has 0 saturated carbocycles. The molecule has 0 atom stereocenters. The summed E-state index contributed by atoms with van der Waals surface area (Å²) in [6.07, 6.45) is 1.37. The van der Waals surface area contributed by atoms with E-state index in [1.807, 2.05) is 0 Å². The lowest BCUT2D eigenvalue weighted by Crippen LogP contribution is -2.28. The first kappa shape index (κ1) is 14.5. The number of nitrogens with zero attached hydrogens (tertiary/aromatic N) is 2. The largest absolute Gasteiger partial charge is 0.496 e. The van der Waals surface area contributed by atoms with Crippen molar-refractivity contribution in [2.24, 2.45) is 0 Å². The maximum absolute atomic E-state index is 12.5. The van der Waals surface area contributed by atoms with Gasteiger partial charge in [-0.1, -0.05) is 0 Å². The third-order valence-corrected chi connectivity index (χ3v) is 3.10. The molecular formula is C14H12N2O5. The van der Waals surface area contributed by atoms with Gasteiger partial charge < -0.3 is 19.7 Å². The van der Waals surface area contributed by atoms with Gasteiger partial charge in [-0.05, 0) is 18.2 Å². The van der Waals surface area contributed by atoms with E-state index in [9.17, 15) is 9.59 Å².